The number of rotatable bonds is 4. The van der Waals surface area contributed by atoms with E-state index in [0.29, 0.717) is 11.7 Å². The van der Waals surface area contributed by atoms with Crippen LogP contribution < -0.4 is 21.1 Å². The van der Waals surface area contributed by atoms with Crippen molar-refractivity contribution in [3.8, 4) is 5.75 Å². The molecule has 6 nitrogen and oxygen atoms in total. The van der Waals surface area contributed by atoms with Crippen molar-refractivity contribution in [2.24, 2.45) is 0 Å². The van der Waals surface area contributed by atoms with Crippen molar-refractivity contribution >= 4 is 17.5 Å². The second-order valence-electron chi connectivity index (χ2n) is 5.10. The van der Waals surface area contributed by atoms with Gasteiger partial charge in [-0.25, -0.2) is 4.79 Å². The highest BCUT2D eigenvalue weighted by atomic mass is 16.5. The van der Waals surface area contributed by atoms with Crippen LogP contribution in [0.25, 0.3) is 0 Å². The van der Waals surface area contributed by atoms with Crippen LogP contribution >= 0.6 is 0 Å². The van der Waals surface area contributed by atoms with Gasteiger partial charge in [-0.3, -0.25) is 0 Å². The minimum atomic E-state index is -0.945. The van der Waals surface area contributed by atoms with Crippen LogP contribution in [0.5, 0.6) is 5.75 Å². The monoisotopic (exact) mass is 279 g/mol. The molecule has 1 fully saturated rings. The zero-order valence-electron chi connectivity index (χ0n) is 11.6. The maximum Gasteiger partial charge on any atom is 0.404 e. The Hall–Kier alpha value is -2.11. The summed E-state index contributed by atoms with van der Waals surface area (Å²) in [7, 11) is 1.63. The highest BCUT2D eigenvalue weighted by Gasteiger charge is 2.22. The Morgan fingerprint density at radius 3 is 2.55 bits per heavy atom. The van der Waals surface area contributed by atoms with E-state index in [4.69, 9.17) is 15.6 Å². The number of carboxylic acid groups (broad SMARTS) is 1. The Labute approximate surface area is 118 Å². The molecule has 1 aromatic rings. The molecule has 0 unspecified atom stereocenters. The molecule has 0 aliphatic heterocycles. The molecule has 1 aromatic carbocycles. The van der Waals surface area contributed by atoms with Crippen LogP contribution in [0.2, 0.25) is 0 Å². The van der Waals surface area contributed by atoms with Gasteiger partial charge >= 0.3 is 6.09 Å². The molecule has 0 spiro atoms. The van der Waals surface area contributed by atoms with Gasteiger partial charge in [0.1, 0.15) is 5.75 Å². The topological polar surface area (TPSA) is 96.6 Å². The lowest BCUT2D eigenvalue weighted by Gasteiger charge is -2.30. The largest absolute Gasteiger partial charge is 0.495 e. The summed E-state index contributed by atoms with van der Waals surface area (Å²) in [6, 6.07) is 5.89. The number of nitrogen functional groups attached to an aromatic ring is 1. The maximum atomic E-state index is 10.6. The minimum absolute atomic E-state index is 0.0632. The van der Waals surface area contributed by atoms with Gasteiger partial charge < -0.3 is 26.2 Å². The number of amides is 1. The van der Waals surface area contributed by atoms with Crippen LogP contribution in [0, 0.1) is 0 Å². The molecule has 0 bridgehead atoms. The van der Waals surface area contributed by atoms with Crippen LogP contribution in [0.4, 0.5) is 16.2 Å². The predicted octanol–water partition coefficient (Wildman–Crippen LogP) is 2.27. The number of nitrogens with two attached hydrogens (primary N) is 1. The molecule has 110 valence electrons. The zero-order chi connectivity index (χ0) is 14.5. The van der Waals surface area contributed by atoms with Crippen molar-refractivity contribution in [1.29, 1.82) is 0 Å². The second kappa shape index (κ2) is 6.36. The van der Waals surface area contributed by atoms with E-state index in [1.54, 1.807) is 13.2 Å². The van der Waals surface area contributed by atoms with Gasteiger partial charge in [-0.1, -0.05) is 0 Å². The molecule has 1 aliphatic carbocycles. The van der Waals surface area contributed by atoms with E-state index in [-0.39, 0.29) is 6.04 Å². The normalized spacial score (nSPS) is 22.1. The molecule has 2 rings (SSSR count). The highest BCUT2D eigenvalue weighted by molar-refractivity contribution is 5.65. The number of methoxy groups -OCH3 is 1. The minimum Gasteiger partial charge on any atom is -0.495 e. The Morgan fingerprint density at radius 1 is 1.30 bits per heavy atom. The van der Waals surface area contributed by atoms with Gasteiger partial charge in [0.2, 0.25) is 0 Å². The molecule has 0 saturated heterocycles. The summed E-state index contributed by atoms with van der Waals surface area (Å²) in [5.74, 6) is 0.769. The quantitative estimate of drug-likeness (QED) is 0.634. The highest BCUT2D eigenvalue weighted by Crippen LogP contribution is 2.30. The van der Waals surface area contributed by atoms with Gasteiger partial charge in [-0.2, -0.15) is 0 Å². The van der Waals surface area contributed by atoms with E-state index in [9.17, 15) is 4.79 Å². The molecule has 0 heterocycles. The molecule has 0 atom stereocenters. The Kier molecular flexibility index (Phi) is 4.55. The van der Waals surface area contributed by atoms with Gasteiger partial charge in [0.05, 0.1) is 12.8 Å². The fraction of sp³-hybridized carbons (Fsp3) is 0.500. The van der Waals surface area contributed by atoms with Crippen LogP contribution in [0.3, 0.4) is 0 Å². The van der Waals surface area contributed by atoms with Crippen LogP contribution in [0.1, 0.15) is 25.7 Å². The summed E-state index contributed by atoms with van der Waals surface area (Å²) in [6.07, 6.45) is 2.58. The van der Waals surface area contributed by atoms with Crippen molar-refractivity contribution in [2.75, 3.05) is 18.2 Å². The molecule has 1 saturated carbocycles. The van der Waals surface area contributed by atoms with Crippen molar-refractivity contribution < 1.29 is 14.6 Å². The van der Waals surface area contributed by atoms with Crippen LogP contribution in [0.15, 0.2) is 18.2 Å². The summed E-state index contributed by atoms with van der Waals surface area (Å²) in [4.78, 5) is 10.6. The molecule has 20 heavy (non-hydrogen) atoms. The standard InChI is InChI=1S/C14H21N3O3/c1-20-13-7-2-9(15)8-12(13)16-10-3-5-11(6-4-10)17-14(18)19/h2,7-8,10-11,16-17H,3-6,15H2,1H3,(H,18,19). The Balaban J connectivity index is 1.92. The van der Waals surface area contributed by atoms with Crippen molar-refractivity contribution in [2.45, 2.75) is 37.8 Å². The lowest BCUT2D eigenvalue weighted by Crippen LogP contribution is -2.39. The molecule has 6 heteroatoms. The average Bonchev–Trinajstić information content (AvgIpc) is 2.41. The Morgan fingerprint density at radius 2 is 1.95 bits per heavy atom. The van der Waals surface area contributed by atoms with E-state index in [1.165, 1.54) is 0 Å². The lowest BCUT2D eigenvalue weighted by molar-refractivity contribution is 0.185. The maximum absolute atomic E-state index is 10.6. The molecular weight excluding hydrogens is 258 g/mol. The van der Waals surface area contributed by atoms with Gasteiger partial charge in [0, 0.05) is 17.8 Å². The van der Waals surface area contributed by atoms with E-state index < -0.39 is 6.09 Å². The third kappa shape index (κ3) is 3.69. The van der Waals surface area contributed by atoms with E-state index in [1.807, 2.05) is 12.1 Å². The van der Waals surface area contributed by atoms with Crippen molar-refractivity contribution in [1.82, 2.24) is 5.32 Å². The van der Waals surface area contributed by atoms with Gasteiger partial charge in [0.15, 0.2) is 0 Å². The summed E-state index contributed by atoms with van der Waals surface area (Å²) in [5.41, 5.74) is 7.37. The second-order valence-corrected chi connectivity index (χ2v) is 5.10. The number of anilines is 2. The molecular formula is C14H21N3O3. The van der Waals surface area contributed by atoms with E-state index in [2.05, 4.69) is 10.6 Å². The summed E-state index contributed by atoms with van der Waals surface area (Å²) in [5, 5.41) is 14.7. The van der Waals surface area contributed by atoms with Crippen LogP contribution in [-0.4, -0.2) is 30.4 Å². The SMILES string of the molecule is COc1ccc(N)cc1NC1CCC(NC(=O)O)CC1. The van der Waals surface area contributed by atoms with Crippen molar-refractivity contribution in [3.05, 3.63) is 18.2 Å². The summed E-state index contributed by atoms with van der Waals surface area (Å²) < 4.78 is 5.31. The lowest BCUT2D eigenvalue weighted by atomic mass is 9.91. The van der Waals surface area contributed by atoms with Crippen molar-refractivity contribution in [3.63, 3.8) is 0 Å². The fourth-order valence-electron chi connectivity index (χ4n) is 2.62. The fourth-order valence-corrected chi connectivity index (χ4v) is 2.62. The van der Waals surface area contributed by atoms with E-state index >= 15 is 0 Å². The molecule has 1 aliphatic rings. The zero-order valence-corrected chi connectivity index (χ0v) is 11.6. The first-order chi connectivity index (χ1) is 9.58. The molecule has 0 aromatic heterocycles. The Bertz CT molecular complexity index is 471. The summed E-state index contributed by atoms with van der Waals surface area (Å²) >= 11 is 0. The number of ether oxygens (including phenoxy) is 1. The summed E-state index contributed by atoms with van der Waals surface area (Å²) in [6.45, 7) is 0. The number of hydrogen-bond acceptors (Lipinski definition) is 4. The average molecular weight is 279 g/mol. The first-order valence-corrected chi connectivity index (χ1v) is 6.78. The number of carbonyl (C=O) groups is 1. The third-order valence-electron chi connectivity index (χ3n) is 3.64. The first kappa shape index (κ1) is 14.3. The van der Waals surface area contributed by atoms with Crippen LogP contribution in [-0.2, 0) is 0 Å². The first-order valence-electron chi connectivity index (χ1n) is 6.78. The third-order valence-corrected chi connectivity index (χ3v) is 3.64. The number of hydrogen-bond donors (Lipinski definition) is 4. The van der Waals surface area contributed by atoms with E-state index in [0.717, 1.165) is 37.1 Å². The number of nitrogens with one attached hydrogen (secondary N) is 2. The van der Waals surface area contributed by atoms with Gasteiger partial charge in [0.25, 0.3) is 0 Å². The van der Waals surface area contributed by atoms with Gasteiger partial charge in [-0.05, 0) is 43.9 Å². The molecule has 1 amide bonds. The predicted molar refractivity (Wildman–Crippen MR) is 78.2 cm³/mol. The smallest absolute Gasteiger partial charge is 0.404 e. The molecule has 0 radical (unpaired) electrons. The molecule has 5 N–H and O–H groups in total. The van der Waals surface area contributed by atoms with Gasteiger partial charge in [-0.15, -0.1) is 0 Å². The number of benzene rings is 1.